The zero-order valence-corrected chi connectivity index (χ0v) is 9.45. The summed E-state index contributed by atoms with van der Waals surface area (Å²) in [4.78, 5) is 10.3. The van der Waals surface area contributed by atoms with Gasteiger partial charge in [0.25, 0.3) is 0 Å². The van der Waals surface area contributed by atoms with Gasteiger partial charge < -0.3 is 9.84 Å². The second-order valence-corrected chi connectivity index (χ2v) is 3.17. The maximum absolute atomic E-state index is 10.3. The molecule has 0 aliphatic rings. The summed E-state index contributed by atoms with van der Waals surface area (Å²) in [7, 11) is 0. The van der Waals surface area contributed by atoms with Gasteiger partial charge in [-0.05, 0) is 12.1 Å². The lowest BCUT2D eigenvalue weighted by Gasteiger charge is -2.04. The van der Waals surface area contributed by atoms with Crippen LogP contribution in [0.4, 0.5) is 0 Å². The van der Waals surface area contributed by atoms with Crippen molar-refractivity contribution < 1.29 is 14.6 Å². The van der Waals surface area contributed by atoms with E-state index in [0.29, 0.717) is 16.6 Å². The summed E-state index contributed by atoms with van der Waals surface area (Å²) in [5.41, 5.74) is 0.693. The van der Waals surface area contributed by atoms with E-state index in [1.54, 1.807) is 18.2 Å². The summed E-state index contributed by atoms with van der Waals surface area (Å²) >= 11 is 3.19. The molecule has 0 fully saturated rings. The van der Waals surface area contributed by atoms with E-state index in [0.717, 1.165) is 0 Å². The highest BCUT2D eigenvalue weighted by molar-refractivity contribution is 9.09. The van der Waals surface area contributed by atoms with Crippen molar-refractivity contribution in [2.24, 2.45) is 0 Å². The SMILES string of the molecule is O=C(O)COc1ccccc1C#CCBr. The largest absolute Gasteiger partial charge is 0.481 e. The van der Waals surface area contributed by atoms with E-state index in [9.17, 15) is 4.79 Å². The van der Waals surface area contributed by atoms with Crippen LogP contribution in [-0.2, 0) is 4.79 Å². The highest BCUT2D eigenvalue weighted by atomic mass is 79.9. The maximum Gasteiger partial charge on any atom is 0.341 e. The third kappa shape index (κ3) is 4.05. The molecule has 78 valence electrons. The van der Waals surface area contributed by atoms with Gasteiger partial charge in [-0.1, -0.05) is 39.9 Å². The average molecular weight is 269 g/mol. The molecule has 0 unspecified atom stereocenters. The fourth-order valence-corrected chi connectivity index (χ4v) is 1.10. The van der Waals surface area contributed by atoms with Gasteiger partial charge in [0.05, 0.1) is 10.9 Å². The van der Waals surface area contributed by atoms with Crippen LogP contribution in [0.5, 0.6) is 5.75 Å². The van der Waals surface area contributed by atoms with Gasteiger partial charge >= 0.3 is 5.97 Å². The number of rotatable bonds is 3. The molecule has 0 heterocycles. The topological polar surface area (TPSA) is 46.5 Å². The molecule has 0 atom stereocenters. The number of carbonyl (C=O) groups is 1. The summed E-state index contributed by atoms with van der Waals surface area (Å²) in [6, 6.07) is 7.08. The van der Waals surface area contributed by atoms with Crippen LogP contribution in [-0.4, -0.2) is 23.0 Å². The molecule has 1 aromatic rings. The van der Waals surface area contributed by atoms with Crippen LogP contribution in [0.3, 0.4) is 0 Å². The molecule has 1 aromatic carbocycles. The number of para-hydroxylation sites is 1. The van der Waals surface area contributed by atoms with Crippen LogP contribution in [0, 0.1) is 11.8 Å². The van der Waals surface area contributed by atoms with E-state index in [1.165, 1.54) is 0 Å². The second-order valence-electron chi connectivity index (χ2n) is 2.61. The summed E-state index contributed by atoms with van der Waals surface area (Å²) in [6.45, 7) is -0.354. The minimum atomic E-state index is -1.00. The van der Waals surface area contributed by atoms with Crippen molar-refractivity contribution in [3.8, 4) is 17.6 Å². The molecule has 0 spiro atoms. The molecule has 4 heteroatoms. The van der Waals surface area contributed by atoms with Crippen LogP contribution in [0.2, 0.25) is 0 Å². The minimum Gasteiger partial charge on any atom is -0.481 e. The van der Waals surface area contributed by atoms with E-state index in [4.69, 9.17) is 9.84 Å². The van der Waals surface area contributed by atoms with E-state index in [-0.39, 0.29) is 6.61 Å². The molecular formula is C11H9BrO3. The summed E-state index contributed by atoms with van der Waals surface area (Å²) < 4.78 is 5.08. The summed E-state index contributed by atoms with van der Waals surface area (Å²) in [5.74, 6) is 5.20. The lowest BCUT2D eigenvalue weighted by atomic mass is 10.2. The second kappa shape index (κ2) is 6.10. The van der Waals surface area contributed by atoms with Crippen LogP contribution in [0.25, 0.3) is 0 Å². The van der Waals surface area contributed by atoms with Crippen LogP contribution in [0.15, 0.2) is 24.3 Å². The quantitative estimate of drug-likeness (QED) is 0.673. The van der Waals surface area contributed by atoms with Crippen molar-refractivity contribution in [1.29, 1.82) is 0 Å². The third-order valence-electron chi connectivity index (χ3n) is 1.53. The number of carboxylic acids is 1. The van der Waals surface area contributed by atoms with Gasteiger partial charge in [-0.15, -0.1) is 0 Å². The Morgan fingerprint density at radius 2 is 2.20 bits per heavy atom. The van der Waals surface area contributed by atoms with Crippen molar-refractivity contribution in [3.63, 3.8) is 0 Å². The Kier molecular flexibility index (Phi) is 4.72. The predicted octanol–water partition coefficient (Wildman–Crippen LogP) is 1.90. The molecule has 0 bridgehead atoms. The molecule has 1 N–H and O–H groups in total. The van der Waals surface area contributed by atoms with Gasteiger partial charge in [-0.2, -0.15) is 0 Å². The van der Waals surface area contributed by atoms with Gasteiger partial charge in [-0.25, -0.2) is 4.79 Å². The zero-order valence-electron chi connectivity index (χ0n) is 7.87. The first kappa shape index (κ1) is 11.6. The Balaban J connectivity index is 2.81. The van der Waals surface area contributed by atoms with Crippen molar-refractivity contribution in [1.82, 2.24) is 0 Å². The van der Waals surface area contributed by atoms with Gasteiger partial charge in [-0.3, -0.25) is 0 Å². The number of benzene rings is 1. The fourth-order valence-electron chi connectivity index (χ4n) is 0.964. The maximum atomic E-state index is 10.3. The molecule has 0 amide bonds. The number of hydrogen-bond donors (Lipinski definition) is 1. The molecule has 0 saturated carbocycles. The smallest absolute Gasteiger partial charge is 0.341 e. The van der Waals surface area contributed by atoms with Crippen molar-refractivity contribution in [2.45, 2.75) is 0 Å². The highest BCUT2D eigenvalue weighted by Gasteiger charge is 2.02. The first-order valence-corrected chi connectivity index (χ1v) is 5.34. The Bertz CT molecular complexity index is 404. The highest BCUT2D eigenvalue weighted by Crippen LogP contribution is 2.16. The van der Waals surface area contributed by atoms with Gasteiger partial charge in [0.1, 0.15) is 5.75 Å². The van der Waals surface area contributed by atoms with Crippen molar-refractivity contribution in [2.75, 3.05) is 11.9 Å². The van der Waals surface area contributed by atoms with E-state index in [1.807, 2.05) is 6.07 Å². The number of ether oxygens (including phenoxy) is 1. The number of carboxylic acid groups (broad SMARTS) is 1. The standard InChI is InChI=1S/C11H9BrO3/c12-7-3-5-9-4-1-2-6-10(9)15-8-11(13)14/h1-2,4,6H,7-8H2,(H,13,14). The Labute approximate surface area is 96.2 Å². The molecule has 0 saturated heterocycles. The number of aliphatic carboxylic acids is 1. The van der Waals surface area contributed by atoms with Gasteiger partial charge in [0.2, 0.25) is 0 Å². The monoisotopic (exact) mass is 268 g/mol. The predicted molar refractivity (Wildman–Crippen MR) is 60.2 cm³/mol. The first-order valence-electron chi connectivity index (χ1n) is 4.22. The van der Waals surface area contributed by atoms with Crippen molar-refractivity contribution in [3.05, 3.63) is 29.8 Å². The van der Waals surface area contributed by atoms with Crippen LogP contribution < -0.4 is 4.74 Å². The molecular weight excluding hydrogens is 260 g/mol. The summed E-state index contributed by atoms with van der Waals surface area (Å²) in [6.07, 6.45) is 0. The molecule has 0 aliphatic heterocycles. The Morgan fingerprint density at radius 1 is 1.47 bits per heavy atom. The van der Waals surface area contributed by atoms with E-state index in [2.05, 4.69) is 27.8 Å². The van der Waals surface area contributed by atoms with Gasteiger partial charge in [0, 0.05) is 0 Å². The van der Waals surface area contributed by atoms with Crippen molar-refractivity contribution >= 4 is 21.9 Å². The number of alkyl halides is 1. The Hall–Kier alpha value is -1.47. The molecule has 1 rings (SSSR count). The number of hydrogen-bond acceptors (Lipinski definition) is 2. The Morgan fingerprint density at radius 3 is 2.87 bits per heavy atom. The van der Waals surface area contributed by atoms with Crippen LogP contribution >= 0.6 is 15.9 Å². The third-order valence-corrected chi connectivity index (χ3v) is 1.81. The van der Waals surface area contributed by atoms with Gasteiger partial charge in [0.15, 0.2) is 6.61 Å². The zero-order chi connectivity index (χ0) is 11.1. The number of halogens is 1. The lowest BCUT2D eigenvalue weighted by Crippen LogP contribution is -2.10. The van der Waals surface area contributed by atoms with E-state index >= 15 is 0 Å². The summed E-state index contributed by atoms with van der Waals surface area (Å²) in [5, 5.41) is 9.04. The molecule has 0 aromatic heterocycles. The molecule has 0 radical (unpaired) electrons. The normalized spacial score (nSPS) is 8.87. The molecule has 3 nitrogen and oxygen atoms in total. The fraction of sp³-hybridized carbons (Fsp3) is 0.182. The average Bonchev–Trinajstić information content (AvgIpc) is 2.24. The van der Waals surface area contributed by atoms with Crippen LogP contribution in [0.1, 0.15) is 5.56 Å². The lowest BCUT2D eigenvalue weighted by molar-refractivity contribution is -0.139. The first-order chi connectivity index (χ1) is 7.24. The van der Waals surface area contributed by atoms with E-state index < -0.39 is 5.97 Å². The molecule has 0 aliphatic carbocycles. The minimum absolute atomic E-state index is 0.354. The molecule has 15 heavy (non-hydrogen) atoms.